The molecule has 1 atom stereocenters. The van der Waals surface area contributed by atoms with Crippen molar-refractivity contribution in [3.63, 3.8) is 0 Å². The van der Waals surface area contributed by atoms with Gasteiger partial charge >= 0.3 is 0 Å². The Morgan fingerprint density at radius 2 is 1.64 bits per heavy atom. The van der Waals surface area contributed by atoms with E-state index in [-0.39, 0.29) is 6.04 Å². The van der Waals surface area contributed by atoms with Crippen LogP contribution in [0, 0.1) is 0 Å². The minimum absolute atomic E-state index is 0.184. The molecule has 0 amide bonds. The number of rotatable bonds is 5. The second-order valence-corrected chi connectivity index (χ2v) is 5.25. The summed E-state index contributed by atoms with van der Waals surface area (Å²) < 4.78 is 0. The number of nitrogens with one attached hydrogen (secondary N) is 1. The molecular formula is C19H19N3. The highest BCUT2D eigenvalue weighted by Gasteiger charge is 2.08. The molecule has 0 fully saturated rings. The molecule has 0 saturated heterocycles. The van der Waals surface area contributed by atoms with Gasteiger partial charge in [-0.2, -0.15) is 0 Å². The number of nitrogens with zero attached hydrogens (tertiary/aromatic N) is 2. The largest absolute Gasteiger partial charge is 0.305 e. The molecule has 0 aliphatic carbocycles. The Bertz CT molecular complexity index is 711. The first-order valence-corrected chi connectivity index (χ1v) is 7.48. The molecule has 0 saturated carbocycles. The predicted molar refractivity (Wildman–Crippen MR) is 89.2 cm³/mol. The van der Waals surface area contributed by atoms with Crippen molar-refractivity contribution in [2.45, 2.75) is 19.5 Å². The number of benzene rings is 1. The van der Waals surface area contributed by atoms with E-state index in [4.69, 9.17) is 4.98 Å². The lowest BCUT2D eigenvalue weighted by Gasteiger charge is -2.14. The SMILES string of the molecule is CC(NCc1ccccc1)c1cccc(-c2ccccn2)n1. The second-order valence-electron chi connectivity index (χ2n) is 5.25. The molecule has 3 rings (SSSR count). The van der Waals surface area contributed by atoms with E-state index in [1.54, 1.807) is 6.20 Å². The van der Waals surface area contributed by atoms with E-state index >= 15 is 0 Å². The molecule has 0 aliphatic rings. The maximum atomic E-state index is 4.73. The van der Waals surface area contributed by atoms with E-state index in [1.165, 1.54) is 5.56 Å². The maximum absolute atomic E-state index is 4.73. The summed E-state index contributed by atoms with van der Waals surface area (Å²) in [5.41, 5.74) is 4.11. The van der Waals surface area contributed by atoms with E-state index < -0.39 is 0 Å². The summed E-state index contributed by atoms with van der Waals surface area (Å²) in [6.07, 6.45) is 1.79. The Kier molecular flexibility index (Phi) is 4.56. The first-order valence-electron chi connectivity index (χ1n) is 7.48. The fourth-order valence-corrected chi connectivity index (χ4v) is 2.32. The average molecular weight is 289 g/mol. The molecule has 0 radical (unpaired) electrons. The van der Waals surface area contributed by atoms with Crippen LogP contribution < -0.4 is 5.32 Å². The third-order valence-corrected chi connectivity index (χ3v) is 3.60. The van der Waals surface area contributed by atoms with E-state index in [1.807, 2.05) is 36.4 Å². The molecular weight excluding hydrogens is 270 g/mol. The molecule has 110 valence electrons. The number of hydrogen-bond acceptors (Lipinski definition) is 3. The summed E-state index contributed by atoms with van der Waals surface area (Å²) in [4.78, 5) is 9.09. The molecule has 0 aliphatic heterocycles. The third-order valence-electron chi connectivity index (χ3n) is 3.60. The summed E-state index contributed by atoms with van der Waals surface area (Å²) in [5, 5.41) is 3.51. The van der Waals surface area contributed by atoms with Gasteiger partial charge in [-0.1, -0.05) is 42.5 Å². The van der Waals surface area contributed by atoms with Gasteiger partial charge in [-0.25, -0.2) is 4.98 Å². The summed E-state index contributed by atoms with van der Waals surface area (Å²) in [6.45, 7) is 2.96. The lowest BCUT2D eigenvalue weighted by molar-refractivity contribution is 0.562. The smallest absolute Gasteiger partial charge is 0.0890 e. The quantitative estimate of drug-likeness (QED) is 0.771. The first kappa shape index (κ1) is 14.4. The van der Waals surface area contributed by atoms with Gasteiger partial charge in [0.15, 0.2) is 0 Å². The fraction of sp³-hybridized carbons (Fsp3) is 0.158. The fourth-order valence-electron chi connectivity index (χ4n) is 2.32. The van der Waals surface area contributed by atoms with Crippen molar-refractivity contribution in [3.8, 4) is 11.4 Å². The predicted octanol–water partition coefficient (Wildman–Crippen LogP) is 3.99. The van der Waals surface area contributed by atoms with Gasteiger partial charge in [-0.3, -0.25) is 4.98 Å². The van der Waals surface area contributed by atoms with Crippen molar-refractivity contribution in [3.05, 3.63) is 84.2 Å². The van der Waals surface area contributed by atoms with Gasteiger partial charge in [0.2, 0.25) is 0 Å². The number of aromatic nitrogens is 2. The molecule has 0 spiro atoms. The van der Waals surface area contributed by atoms with E-state index in [0.717, 1.165) is 23.6 Å². The molecule has 3 aromatic rings. The first-order chi connectivity index (χ1) is 10.8. The zero-order chi connectivity index (χ0) is 15.2. The average Bonchev–Trinajstić information content (AvgIpc) is 2.61. The highest BCUT2D eigenvalue weighted by molar-refractivity contribution is 5.53. The van der Waals surface area contributed by atoms with Crippen molar-refractivity contribution in [1.29, 1.82) is 0 Å². The van der Waals surface area contributed by atoms with Gasteiger partial charge in [-0.15, -0.1) is 0 Å². The molecule has 0 bridgehead atoms. The Labute approximate surface area is 131 Å². The van der Waals surface area contributed by atoms with Gasteiger partial charge in [0, 0.05) is 18.8 Å². The van der Waals surface area contributed by atoms with Crippen LogP contribution in [0.25, 0.3) is 11.4 Å². The minimum Gasteiger partial charge on any atom is -0.305 e. The highest BCUT2D eigenvalue weighted by Crippen LogP contribution is 2.17. The van der Waals surface area contributed by atoms with Crippen LogP contribution in [-0.2, 0) is 6.54 Å². The number of pyridine rings is 2. The van der Waals surface area contributed by atoms with E-state index in [2.05, 4.69) is 47.6 Å². The van der Waals surface area contributed by atoms with Crippen molar-refractivity contribution >= 4 is 0 Å². The van der Waals surface area contributed by atoms with Gasteiger partial charge in [0.1, 0.15) is 0 Å². The minimum atomic E-state index is 0.184. The van der Waals surface area contributed by atoms with Crippen LogP contribution >= 0.6 is 0 Å². The second kappa shape index (κ2) is 6.96. The van der Waals surface area contributed by atoms with Crippen molar-refractivity contribution in [2.24, 2.45) is 0 Å². The molecule has 1 aromatic carbocycles. The summed E-state index contributed by atoms with van der Waals surface area (Å²) in [5.74, 6) is 0. The van der Waals surface area contributed by atoms with Gasteiger partial charge in [0.25, 0.3) is 0 Å². The van der Waals surface area contributed by atoms with E-state index in [0.29, 0.717) is 0 Å². The highest BCUT2D eigenvalue weighted by atomic mass is 14.9. The van der Waals surface area contributed by atoms with Crippen LogP contribution in [0.2, 0.25) is 0 Å². The van der Waals surface area contributed by atoms with Crippen LogP contribution in [0.3, 0.4) is 0 Å². The van der Waals surface area contributed by atoms with Crippen LogP contribution in [0.15, 0.2) is 72.9 Å². The lowest BCUT2D eigenvalue weighted by atomic mass is 10.1. The Hall–Kier alpha value is -2.52. The summed E-state index contributed by atoms with van der Waals surface area (Å²) in [6, 6.07) is 22.5. The van der Waals surface area contributed by atoms with Gasteiger partial charge in [0.05, 0.1) is 17.1 Å². The molecule has 3 heteroatoms. The van der Waals surface area contributed by atoms with Crippen LogP contribution in [0.5, 0.6) is 0 Å². The third kappa shape index (κ3) is 3.57. The monoisotopic (exact) mass is 289 g/mol. The van der Waals surface area contributed by atoms with Crippen LogP contribution in [0.1, 0.15) is 24.2 Å². The molecule has 1 N–H and O–H groups in total. The Morgan fingerprint density at radius 1 is 0.864 bits per heavy atom. The zero-order valence-corrected chi connectivity index (χ0v) is 12.6. The normalized spacial score (nSPS) is 12.0. The summed E-state index contributed by atoms with van der Waals surface area (Å²) in [7, 11) is 0. The standard InChI is InChI=1S/C19H19N3/c1-15(21-14-16-8-3-2-4-9-16)17-11-7-12-19(22-17)18-10-5-6-13-20-18/h2-13,15,21H,14H2,1H3. The molecule has 2 aromatic heterocycles. The Morgan fingerprint density at radius 3 is 2.41 bits per heavy atom. The Balaban J connectivity index is 1.72. The van der Waals surface area contributed by atoms with Crippen molar-refractivity contribution in [1.82, 2.24) is 15.3 Å². The molecule has 1 unspecified atom stereocenters. The zero-order valence-electron chi connectivity index (χ0n) is 12.6. The van der Waals surface area contributed by atoms with Crippen molar-refractivity contribution < 1.29 is 0 Å². The van der Waals surface area contributed by atoms with Crippen molar-refractivity contribution in [2.75, 3.05) is 0 Å². The summed E-state index contributed by atoms with van der Waals surface area (Å²) >= 11 is 0. The van der Waals surface area contributed by atoms with Crippen LogP contribution in [0.4, 0.5) is 0 Å². The van der Waals surface area contributed by atoms with Gasteiger partial charge in [-0.05, 0) is 36.8 Å². The topological polar surface area (TPSA) is 37.8 Å². The maximum Gasteiger partial charge on any atom is 0.0890 e. The van der Waals surface area contributed by atoms with E-state index in [9.17, 15) is 0 Å². The molecule has 3 nitrogen and oxygen atoms in total. The number of hydrogen-bond donors (Lipinski definition) is 1. The van der Waals surface area contributed by atoms with Gasteiger partial charge < -0.3 is 5.32 Å². The molecule has 22 heavy (non-hydrogen) atoms. The molecule has 2 heterocycles. The lowest BCUT2D eigenvalue weighted by Crippen LogP contribution is -2.19. The van der Waals surface area contributed by atoms with Crippen LogP contribution in [-0.4, -0.2) is 9.97 Å².